The minimum atomic E-state index is -5.17. The molecule has 2 aliphatic heterocycles. The van der Waals surface area contributed by atoms with Gasteiger partial charge in [0.25, 0.3) is 52.3 Å². The second kappa shape index (κ2) is 16.1. The number of amides is 3. The number of allylic oxidation sites excluding steroid dienone is 3. The summed E-state index contributed by atoms with van der Waals surface area (Å²) in [7, 11) is -19.2. The second-order valence-corrected chi connectivity index (χ2v) is 17.9. The van der Waals surface area contributed by atoms with Crippen molar-refractivity contribution in [1.29, 1.82) is 0 Å². The molecule has 0 spiro atoms. The quantitative estimate of drug-likeness (QED) is 0.0546. The zero-order valence-electron chi connectivity index (χ0n) is 30.1. The number of benzene rings is 2. The van der Waals surface area contributed by atoms with E-state index in [1.165, 1.54) is 11.8 Å². The topological polar surface area (TPSA) is 373 Å². The average Bonchev–Trinajstić information content (AvgIpc) is 3.79. The summed E-state index contributed by atoms with van der Waals surface area (Å²) in [4.78, 5) is 37.2. The van der Waals surface area contributed by atoms with Crippen LogP contribution in [0, 0.1) is 0 Å². The Kier molecular flexibility index (Phi) is 12.1. The molecular formula is C31H31N7O17S4. The van der Waals surface area contributed by atoms with Crippen molar-refractivity contribution in [2.75, 3.05) is 18.6 Å². The number of anilines is 1. The Labute approximate surface area is 334 Å². The Balaban J connectivity index is 1.69. The maximum atomic E-state index is 13.8. The lowest BCUT2D eigenvalue weighted by atomic mass is 10.1. The van der Waals surface area contributed by atoms with E-state index in [9.17, 15) is 71.4 Å². The summed E-state index contributed by atoms with van der Waals surface area (Å²) in [5.74, 6) is -4.24. The van der Waals surface area contributed by atoms with Crippen molar-refractivity contribution >= 4 is 75.9 Å². The third-order valence-corrected chi connectivity index (χ3v) is 11.7. The summed E-state index contributed by atoms with van der Waals surface area (Å²) in [5, 5.41) is 21.7. The summed E-state index contributed by atoms with van der Waals surface area (Å²) in [6.07, 6.45) is 3.53. The first kappa shape index (κ1) is 44.3. The largest absolute Gasteiger partial charge is 0.493 e. The SMILES string of the molecule is CNC(=O)c1nn(-c2cc(S(=O)(=O)O)ccc2S(=O)(=O)O)c(O)c1C=CC(=C/C=C1\C(=O)N(c2cc(S(=O)(=O)O)ccc2S(=O)(=O)O)N=C1OC(C)N)N1CCCC1=O. The van der Waals surface area contributed by atoms with Crippen molar-refractivity contribution in [3.8, 4) is 11.6 Å². The molecule has 59 heavy (non-hydrogen) atoms. The summed E-state index contributed by atoms with van der Waals surface area (Å²) in [6.45, 7) is 1.40. The normalized spacial score (nSPS) is 17.0. The van der Waals surface area contributed by atoms with Crippen LogP contribution in [-0.4, -0.2) is 115 Å². The molecule has 3 heterocycles. The molecule has 2 aromatic carbocycles. The predicted octanol–water partition coefficient (Wildman–Crippen LogP) is 0.0518. The van der Waals surface area contributed by atoms with E-state index >= 15 is 0 Å². The minimum absolute atomic E-state index is 0.0483. The number of hydrazone groups is 1. The Morgan fingerprint density at radius 2 is 1.46 bits per heavy atom. The van der Waals surface area contributed by atoms with E-state index in [2.05, 4.69) is 15.5 Å². The molecule has 8 N–H and O–H groups in total. The van der Waals surface area contributed by atoms with E-state index in [1.807, 2.05) is 0 Å². The summed E-state index contributed by atoms with van der Waals surface area (Å²) in [6, 6.07) is 3.52. The third kappa shape index (κ3) is 9.40. The van der Waals surface area contributed by atoms with Gasteiger partial charge in [0.15, 0.2) is 5.69 Å². The van der Waals surface area contributed by atoms with Gasteiger partial charge in [-0.1, -0.05) is 0 Å². The number of aromatic nitrogens is 2. The van der Waals surface area contributed by atoms with Gasteiger partial charge in [-0.05, 0) is 74.0 Å². The molecule has 1 saturated heterocycles. The first-order chi connectivity index (χ1) is 27.2. The van der Waals surface area contributed by atoms with Gasteiger partial charge in [-0.15, -0.1) is 5.10 Å². The number of hydrogen-bond acceptors (Lipinski definition) is 16. The zero-order valence-corrected chi connectivity index (χ0v) is 33.3. The molecule has 28 heteroatoms. The first-order valence-corrected chi connectivity index (χ1v) is 22.0. The van der Waals surface area contributed by atoms with E-state index in [1.54, 1.807) is 0 Å². The van der Waals surface area contributed by atoms with Crippen molar-refractivity contribution in [3.63, 3.8) is 0 Å². The number of likely N-dealkylation sites (tertiary alicyclic amines) is 1. The van der Waals surface area contributed by atoms with E-state index in [4.69, 9.17) is 10.5 Å². The Morgan fingerprint density at radius 3 is 1.95 bits per heavy atom. The van der Waals surface area contributed by atoms with Gasteiger partial charge in [0.05, 0.1) is 26.7 Å². The molecule has 0 saturated carbocycles. The molecule has 1 aromatic heterocycles. The first-order valence-electron chi connectivity index (χ1n) is 16.2. The summed E-state index contributed by atoms with van der Waals surface area (Å²) in [5.41, 5.74) is 2.44. The monoisotopic (exact) mass is 901 g/mol. The smallest absolute Gasteiger partial charge is 0.296 e. The molecule has 0 radical (unpaired) electrons. The molecule has 1 fully saturated rings. The van der Waals surface area contributed by atoms with Gasteiger partial charge >= 0.3 is 0 Å². The number of ether oxygens (including phenoxy) is 1. The van der Waals surface area contributed by atoms with E-state index in [-0.39, 0.29) is 18.7 Å². The molecule has 316 valence electrons. The Bertz CT molecular complexity index is 2880. The number of nitrogens with one attached hydrogen (secondary N) is 1. The fourth-order valence-electron chi connectivity index (χ4n) is 5.57. The Morgan fingerprint density at radius 1 is 0.898 bits per heavy atom. The maximum Gasteiger partial charge on any atom is 0.296 e. The van der Waals surface area contributed by atoms with Crippen LogP contribution < -0.4 is 16.1 Å². The van der Waals surface area contributed by atoms with Crippen molar-refractivity contribution < 1.29 is 76.1 Å². The van der Waals surface area contributed by atoms with Gasteiger partial charge in [0.2, 0.25) is 17.7 Å². The van der Waals surface area contributed by atoms with Crippen molar-refractivity contribution in [3.05, 3.63) is 77.2 Å². The van der Waals surface area contributed by atoms with Gasteiger partial charge in [-0.3, -0.25) is 38.3 Å². The van der Waals surface area contributed by atoms with Gasteiger partial charge in [-0.25, -0.2) is 0 Å². The number of nitrogens with zero attached hydrogens (tertiary/aromatic N) is 5. The van der Waals surface area contributed by atoms with E-state index in [0.29, 0.717) is 52.5 Å². The predicted molar refractivity (Wildman–Crippen MR) is 200 cm³/mol. The number of aromatic hydroxyl groups is 1. The fourth-order valence-corrected chi connectivity index (χ4v) is 7.87. The standard InChI is InChI=1S/C31H31N7O17S4/c1-16(32)55-29-21(31(42)38(35-29)23-15-19(57(46,47)48)8-12-25(23)59(52,53)54)10-6-17(36-13-3-4-26(36)39)5-9-20-27(28(40)33-2)34-37(30(20)41)22-14-18(56(43,44)45)7-11-24(22)58(49,50)51/h5-12,14-16,41H,3-4,13,32H2,1-2H3,(H,33,40)(H,43,44,45)(H,46,47,48)(H,49,50,51)(H,52,53,54)/b9-5?,17-6?,21-10-. The molecule has 24 nitrogen and oxygen atoms in total. The number of carbonyl (C=O) groups excluding carboxylic acids is 3. The number of nitrogens with two attached hydrogens (primary N) is 1. The van der Waals surface area contributed by atoms with Gasteiger partial charge in [0.1, 0.15) is 21.6 Å². The van der Waals surface area contributed by atoms with Crippen LogP contribution in [0.4, 0.5) is 5.69 Å². The van der Waals surface area contributed by atoms with Crippen LogP contribution in [0.15, 0.2) is 90.6 Å². The lowest BCUT2D eigenvalue weighted by Gasteiger charge is -2.17. The molecule has 2 aliphatic rings. The zero-order chi connectivity index (χ0) is 44.0. The number of rotatable bonds is 12. The maximum absolute atomic E-state index is 13.8. The van der Waals surface area contributed by atoms with E-state index in [0.717, 1.165) is 31.4 Å². The highest BCUT2D eigenvalue weighted by Crippen LogP contribution is 2.35. The van der Waals surface area contributed by atoms with Crippen LogP contribution >= 0.6 is 0 Å². The lowest BCUT2D eigenvalue weighted by molar-refractivity contribution is -0.125. The molecule has 3 aromatic rings. The van der Waals surface area contributed by atoms with Crippen LogP contribution in [0.1, 0.15) is 35.8 Å². The molecule has 1 unspecified atom stereocenters. The van der Waals surface area contributed by atoms with Crippen molar-refractivity contribution in [2.45, 2.75) is 45.6 Å². The second-order valence-electron chi connectivity index (χ2n) is 12.2. The highest BCUT2D eigenvalue weighted by atomic mass is 32.2. The average molecular weight is 902 g/mol. The highest BCUT2D eigenvalue weighted by Gasteiger charge is 2.37. The van der Waals surface area contributed by atoms with Crippen molar-refractivity contribution in [2.24, 2.45) is 10.8 Å². The van der Waals surface area contributed by atoms with Crippen molar-refractivity contribution in [1.82, 2.24) is 20.0 Å². The van der Waals surface area contributed by atoms with Gasteiger partial charge in [-0.2, -0.15) is 48.5 Å². The summed E-state index contributed by atoms with van der Waals surface area (Å²) < 4.78 is 141. The van der Waals surface area contributed by atoms with E-state index < -0.39 is 124 Å². The van der Waals surface area contributed by atoms with Crippen LogP contribution in [0.3, 0.4) is 0 Å². The van der Waals surface area contributed by atoms with Crippen LogP contribution in [0.2, 0.25) is 0 Å². The fraction of sp³-hybridized carbons (Fsp3) is 0.194. The summed E-state index contributed by atoms with van der Waals surface area (Å²) >= 11 is 0. The third-order valence-electron chi connectivity index (χ3n) is 8.18. The van der Waals surface area contributed by atoms with Crippen LogP contribution in [0.5, 0.6) is 5.88 Å². The van der Waals surface area contributed by atoms with Crippen LogP contribution in [-0.2, 0) is 54.8 Å². The van der Waals surface area contributed by atoms with Gasteiger partial charge in [0, 0.05) is 25.7 Å². The number of hydrogen-bond donors (Lipinski definition) is 7. The van der Waals surface area contributed by atoms with Crippen LogP contribution in [0.25, 0.3) is 11.8 Å². The molecule has 5 rings (SSSR count). The minimum Gasteiger partial charge on any atom is -0.493 e. The molecule has 1 atom stereocenters. The van der Waals surface area contributed by atoms with Gasteiger partial charge < -0.3 is 20.1 Å². The molecule has 3 amide bonds. The lowest BCUT2D eigenvalue weighted by Crippen LogP contribution is -2.26. The number of carbonyl (C=O) groups is 3. The molecule has 0 bridgehead atoms. The molecular weight excluding hydrogens is 871 g/mol. The Hall–Kier alpha value is -5.85. The molecule has 0 aliphatic carbocycles. The highest BCUT2D eigenvalue weighted by molar-refractivity contribution is 7.87.